The molecule has 0 aromatic carbocycles. The molecule has 0 spiro atoms. The molecule has 0 heterocycles. The van der Waals surface area contributed by atoms with Crippen molar-refractivity contribution in [1.82, 2.24) is 0 Å². The summed E-state index contributed by atoms with van der Waals surface area (Å²) in [5.74, 6) is -5.48. The number of hydrogen-bond donors (Lipinski definition) is 0. The minimum Gasteiger partial charge on any atom is -0.462 e. The normalized spacial score (nSPS) is 21.6. The molecule has 0 radical (unpaired) electrons. The third-order valence-electron chi connectivity index (χ3n) is 4.15. The molecule has 0 N–H and O–H groups in total. The van der Waals surface area contributed by atoms with Crippen LogP contribution in [0.4, 0.5) is 17.6 Å². The van der Waals surface area contributed by atoms with E-state index >= 15 is 0 Å². The first-order chi connectivity index (χ1) is 11.3. The molecule has 0 aromatic heterocycles. The molecule has 1 aliphatic carbocycles. The summed E-state index contributed by atoms with van der Waals surface area (Å²) in [5.41, 5.74) is 0. The van der Waals surface area contributed by atoms with E-state index in [9.17, 15) is 27.2 Å². The van der Waals surface area contributed by atoms with Gasteiger partial charge in [-0.2, -0.15) is 8.78 Å². The average molecular weight is 356 g/mol. The average Bonchev–Trinajstić information content (AvgIpc) is 2.53. The van der Waals surface area contributed by atoms with Gasteiger partial charge >= 0.3 is 24.3 Å². The van der Waals surface area contributed by atoms with E-state index in [1.807, 2.05) is 6.92 Å². The molecule has 1 fully saturated rings. The predicted octanol–water partition coefficient (Wildman–Crippen LogP) is 4.11. The van der Waals surface area contributed by atoms with Gasteiger partial charge in [0.1, 0.15) is 6.10 Å². The SMILES string of the molecule is CCC1CCCCC1OC(=O)CCCC(=O)OCC(F)(F)C(F)F. The van der Waals surface area contributed by atoms with Crippen molar-refractivity contribution in [2.24, 2.45) is 5.92 Å². The Morgan fingerprint density at radius 2 is 1.75 bits per heavy atom. The van der Waals surface area contributed by atoms with Gasteiger partial charge in [-0.05, 0) is 38.0 Å². The Kier molecular flexibility index (Phi) is 8.48. The molecule has 2 unspecified atom stereocenters. The van der Waals surface area contributed by atoms with Crippen LogP contribution in [0.3, 0.4) is 0 Å². The molecular formula is C16H24F4O4. The zero-order valence-corrected chi connectivity index (χ0v) is 13.7. The van der Waals surface area contributed by atoms with Gasteiger partial charge in [0.25, 0.3) is 0 Å². The van der Waals surface area contributed by atoms with E-state index < -0.39 is 30.9 Å². The van der Waals surface area contributed by atoms with Crippen LogP contribution in [0.15, 0.2) is 0 Å². The van der Waals surface area contributed by atoms with Crippen molar-refractivity contribution in [3.05, 3.63) is 0 Å². The zero-order chi connectivity index (χ0) is 18.2. The van der Waals surface area contributed by atoms with Gasteiger partial charge in [-0.15, -0.1) is 0 Å². The Morgan fingerprint density at radius 3 is 2.38 bits per heavy atom. The van der Waals surface area contributed by atoms with Crippen LogP contribution in [0.2, 0.25) is 0 Å². The van der Waals surface area contributed by atoms with Gasteiger partial charge in [0.2, 0.25) is 0 Å². The van der Waals surface area contributed by atoms with Gasteiger partial charge < -0.3 is 9.47 Å². The zero-order valence-electron chi connectivity index (χ0n) is 13.7. The lowest BCUT2D eigenvalue weighted by molar-refractivity contribution is -0.179. The van der Waals surface area contributed by atoms with Crippen LogP contribution in [0.5, 0.6) is 0 Å². The van der Waals surface area contributed by atoms with Crippen molar-refractivity contribution in [3.8, 4) is 0 Å². The van der Waals surface area contributed by atoms with Crippen LogP contribution in [0, 0.1) is 5.92 Å². The number of esters is 2. The maximum Gasteiger partial charge on any atom is 0.340 e. The number of rotatable bonds is 9. The van der Waals surface area contributed by atoms with Gasteiger partial charge in [0.15, 0.2) is 6.61 Å². The topological polar surface area (TPSA) is 52.6 Å². The van der Waals surface area contributed by atoms with Gasteiger partial charge in [0, 0.05) is 12.8 Å². The molecular weight excluding hydrogens is 332 g/mol. The van der Waals surface area contributed by atoms with E-state index in [0.29, 0.717) is 5.92 Å². The molecule has 0 amide bonds. The lowest BCUT2D eigenvalue weighted by Gasteiger charge is -2.30. The Hall–Kier alpha value is -1.34. The van der Waals surface area contributed by atoms with Gasteiger partial charge in [-0.1, -0.05) is 13.3 Å². The number of carbonyl (C=O) groups excluding carboxylic acids is 2. The number of alkyl halides is 4. The highest BCUT2D eigenvalue weighted by molar-refractivity contribution is 5.72. The van der Waals surface area contributed by atoms with Crippen LogP contribution >= 0.6 is 0 Å². The van der Waals surface area contributed by atoms with E-state index in [0.717, 1.165) is 32.1 Å². The van der Waals surface area contributed by atoms with Gasteiger partial charge in [-0.3, -0.25) is 9.59 Å². The third kappa shape index (κ3) is 7.05. The second-order valence-corrected chi connectivity index (χ2v) is 6.06. The molecule has 2 atom stereocenters. The van der Waals surface area contributed by atoms with Crippen LogP contribution < -0.4 is 0 Å². The van der Waals surface area contributed by atoms with Crippen molar-refractivity contribution in [3.63, 3.8) is 0 Å². The summed E-state index contributed by atoms with van der Waals surface area (Å²) in [7, 11) is 0. The fourth-order valence-corrected chi connectivity index (χ4v) is 2.71. The quantitative estimate of drug-likeness (QED) is 0.461. The first kappa shape index (κ1) is 20.7. The Bertz CT molecular complexity index is 415. The summed E-state index contributed by atoms with van der Waals surface area (Å²) < 4.78 is 58.5. The molecule has 0 saturated heterocycles. The van der Waals surface area contributed by atoms with Crippen LogP contribution in [0.1, 0.15) is 58.3 Å². The Labute approximate surface area is 138 Å². The molecule has 0 bridgehead atoms. The number of carbonyl (C=O) groups is 2. The number of halogens is 4. The predicted molar refractivity (Wildman–Crippen MR) is 77.9 cm³/mol. The van der Waals surface area contributed by atoms with E-state index in [-0.39, 0.29) is 25.4 Å². The van der Waals surface area contributed by atoms with Crippen molar-refractivity contribution in [2.45, 2.75) is 76.7 Å². The van der Waals surface area contributed by atoms with E-state index in [2.05, 4.69) is 4.74 Å². The second kappa shape index (κ2) is 9.84. The highest BCUT2D eigenvalue weighted by Crippen LogP contribution is 2.29. The molecule has 24 heavy (non-hydrogen) atoms. The Balaban J connectivity index is 2.21. The van der Waals surface area contributed by atoms with E-state index in [4.69, 9.17) is 4.74 Å². The lowest BCUT2D eigenvalue weighted by atomic mass is 9.85. The standard InChI is InChI=1S/C16H24F4O4/c1-2-11-6-3-4-7-12(11)24-14(22)9-5-8-13(21)23-10-16(19,20)15(17)18/h11-12,15H,2-10H2,1H3. The first-order valence-electron chi connectivity index (χ1n) is 8.27. The smallest absolute Gasteiger partial charge is 0.340 e. The van der Waals surface area contributed by atoms with Crippen molar-refractivity contribution in [1.29, 1.82) is 0 Å². The fourth-order valence-electron chi connectivity index (χ4n) is 2.71. The summed E-state index contributed by atoms with van der Waals surface area (Å²) in [6.45, 7) is 0.385. The molecule has 1 aliphatic rings. The molecule has 8 heteroatoms. The van der Waals surface area contributed by atoms with Crippen molar-refractivity contribution >= 4 is 11.9 Å². The Morgan fingerprint density at radius 1 is 1.12 bits per heavy atom. The molecule has 1 saturated carbocycles. The van der Waals surface area contributed by atoms with E-state index in [1.54, 1.807) is 0 Å². The molecule has 0 aromatic rings. The fraction of sp³-hybridized carbons (Fsp3) is 0.875. The van der Waals surface area contributed by atoms with E-state index in [1.165, 1.54) is 0 Å². The van der Waals surface area contributed by atoms with Crippen LogP contribution in [-0.2, 0) is 19.1 Å². The van der Waals surface area contributed by atoms with Crippen LogP contribution in [-0.4, -0.2) is 37.0 Å². The minimum absolute atomic E-state index is 0.0345. The number of hydrogen-bond acceptors (Lipinski definition) is 4. The maximum atomic E-state index is 12.6. The maximum absolute atomic E-state index is 12.6. The second-order valence-electron chi connectivity index (χ2n) is 6.06. The van der Waals surface area contributed by atoms with Gasteiger partial charge in [-0.25, -0.2) is 8.78 Å². The first-order valence-corrected chi connectivity index (χ1v) is 8.27. The molecule has 1 rings (SSSR count). The highest BCUT2D eigenvalue weighted by atomic mass is 19.3. The monoisotopic (exact) mass is 356 g/mol. The highest BCUT2D eigenvalue weighted by Gasteiger charge is 2.42. The summed E-state index contributed by atoms with van der Waals surface area (Å²) in [5, 5.41) is 0. The third-order valence-corrected chi connectivity index (χ3v) is 4.15. The molecule has 0 aliphatic heterocycles. The largest absolute Gasteiger partial charge is 0.462 e. The molecule has 4 nitrogen and oxygen atoms in total. The van der Waals surface area contributed by atoms with Gasteiger partial charge in [0.05, 0.1) is 0 Å². The lowest BCUT2D eigenvalue weighted by Crippen LogP contribution is -2.33. The van der Waals surface area contributed by atoms with Crippen LogP contribution in [0.25, 0.3) is 0 Å². The minimum atomic E-state index is -4.36. The summed E-state index contributed by atoms with van der Waals surface area (Å²) in [4.78, 5) is 23.0. The summed E-state index contributed by atoms with van der Waals surface area (Å²) in [6, 6.07) is 0. The molecule has 140 valence electrons. The van der Waals surface area contributed by atoms with Crippen molar-refractivity contribution < 1.29 is 36.6 Å². The summed E-state index contributed by atoms with van der Waals surface area (Å²) in [6.07, 6.45) is 0.679. The number of ether oxygens (including phenoxy) is 2. The summed E-state index contributed by atoms with van der Waals surface area (Å²) >= 11 is 0. The van der Waals surface area contributed by atoms with Crippen molar-refractivity contribution in [2.75, 3.05) is 6.61 Å².